The number of fused-ring (bicyclic) bond motifs is 1. The first kappa shape index (κ1) is 22.3. The minimum absolute atomic E-state index is 0.0218. The van der Waals surface area contributed by atoms with Gasteiger partial charge in [-0.15, -0.1) is 0 Å². The van der Waals surface area contributed by atoms with Crippen molar-refractivity contribution in [1.82, 2.24) is 20.1 Å². The van der Waals surface area contributed by atoms with Gasteiger partial charge in [-0.1, -0.05) is 0 Å². The summed E-state index contributed by atoms with van der Waals surface area (Å²) in [5, 5.41) is 3.52. The van der Waals surface area contributed by atoms with E-state index in [0.717, 1.165) is 41.1 Å². The monoisotopic (exact) mass is 504 g/mol. The number of hydrogen-bond acceptors (Lipinski definition) is 6. The lowest BCUT2D eigenvalue weighted by molar-refractivity contribution is -0.143. The fourth-order valence-electron chi connectivity index (χ4n) is 6.98. The van der Waals surface area contributed by atoms with E-state index >= 15 is 0 Å². The van der Waals surface area contributed by atoms with Crippen molar-refractivity contribution in [1.29, 1.82) is 0 Å². The molecule has 1 aromatic heterocycles. The molecule has 2 aromatic rings. The summed E-state index contributed by atoms with van der Waals surface area (Å²) in [5.41, 5.74) is 5.31. The zero-order valence-corrected chi connectivity index (χ0v) is 21.8. The van der Waals surface area contributed by atoms with Crippen molar-refractivity contribution in [3.8, 4) is 11.1 Å². The molecule has 4 aliphatic carbocycles. The summed E-state index contributed by atoms with van der Waals surface area (Å²) in [5.74, 6) is 1.24. The second-order valence-electron chi connectivity index (χ2n) is 11.7. The molecule has 36 heavy (non-hydrogen) atoms. The van der Waals surface area contributed by atoms with E-state index in [9.17, 15) is 13.2 Å². The number of nitrogens with one attached hydrogen (secondary N) is 1. The Morgan fingerprint density at radius 3 is 2.53 bits per heavy atom. The Labute approximate surface area is 212 Å². The van der Waals surface area contributed by atoms with Gasteiger partial charge in [0.15, 0.2) is 9.84 Å². The van der Waals surface area contributed by atoms with Crippen molar-refractivity contribution in [2.24, 2.45) is 11.8 Å². The van der Waals surface area contributed by atoms with Crippen LogP contribution in [-0.4, -0.2) is 46.9 Å². The van der Waals surface area contributed by atoms with Crippen LogP contribution in [0.2, 0.25) is 0 Å². The molecule has 0 radical (unpaired) electrons. The Balaban J connectivity index is 1.27. The Morgan fingerprint density at radius 2 is 1.89 bits per heavy atom. The topological polar surface area (TPSA) is 82.6 Å². The highest BCUT2D eigenvalue weighted by molar-refractivity contribution is 7.90. The fourth-order valence-corrected chi connectivity index (χ4v) is 7.91. The van der Waals surface area contributed by atoms with Gasteiger partial charge in [-0.2, -0.15) is 0 Å². The predicted octanol–water partition coefficient (Wildman–Crippen LogP) is 4.22. The van der Waals surface area contributed by atoms with E-state index in [4.69, 9.17) is 4.98 Å². The standard InChI is InChI=1S/C28H32N4O3S/c1-16-14-30-26(32(16)28-11-18(12-28)13-28)23-9-20(6-7-29-23)21-8-22-15-31(17(2)19-4-5-19)27(33)25(22)24(10-21)36(3,34)35/h6-10,14,17-19,26,30H,4-5,11-13,15H2,1-3H3. The number of benzene rings is 1. The summed E-state index contributed by atoms with van der Waals surface area (Å²) in [6.07, 6.45) is 11.1. The minimum Gasteiger partial charge on any atom is -0.365 e. The third kappa shape index (κ3) is 3.19. The van der Waals surface area contributed by atoms with Crippen LogP contribution in [-0.2, 0) is 16.4 Å². The van der Waals surface area contributed by atoms with Gasteiger partial charge in [0.05, 0.1) is 16.2 Å². The average Bonchev–Trinajstić information content (AvgIpc) is 3.50. The maximum Gasteiger partial charge on any atom is 0.256 e. The summed E-state index contributed by atoms with van der Waals surface area (Å²) in [4.78, 5) is 22.6. The van der Waals surface area contributed by atoms with Crippen molar-refractivity contribution in [2.45, 2.75) is 75.1 Å². The highest BCUT2D eigenvalue weighted by Crippen LogP contribution is 2.63. The average molecular weight is 505 g/mol. The molecule has 7 nitrogen and oxygen atoms in total. The first-order chi connectivity index (χ1) is 17.1. The molecular formula is C28H32N4O3S. The molecule has 0 spiro atoms. The third-order valence-corrected chi connectivity index (χ3v) is 10.3. The first-order valence-electron chi connectivity index (χ1n) is 13.0. The highest BCUT2D eigenvalue weighted by Gasteiger charge is 2.62. The third-order valence-electron chi connectivity index (χ3n) is 9.19. The number of sulfone groups is 1. The zero-order chi connectivity index (χ0) is 25.0. The first-order valence-corrected chi connectivity index (χ1v) is 14.9. The molecule has 4 saturated carbocycles. The lowest BCUT2D eigenvalue weighted by atomic mass is 9.49. The quantitative estimate of drug-likeness (QED) is 0.634. The van der Waals surface area contributed by atoms with Gasteiger partial charge < -0.3 is 15.1 Å². The van der Waals surface area contributed by atoms with Crippen LogP contribution in [0.15, 0.2) is 47.3 Å². The van der Waals surface area contributed by atoms with Gasteiger partial charge in [-0.05, 0) is 98.7 Å². The van der Waals surface area contributed by atoms with Crippen molar-refractivity contribution in [2.75, 3.05) is 6.26 Å². The van der Waals surface area contributed by atoms with Gasteiger partial charge in [-0.25, -0.2) is 8.42 Å². The summed E-state index contributed by atoms with van der Waals surface area (Å²) in [7, 11) is -3.59. The lowest BCUT2D eigenvalue weighted by Crippen LogP contribution is -2.68. The van der Waals surface area contributed by atoms with Crippen LogP contribution in [0.5, 0.6) is 0 Å². The number of amides is 1. The molecule has 1 amide bonds. The zero-order valence-electron chi connectivity index (χ0n) is 21.0. The Bertz CT molecular complexity index is 1430. The van der Waals surface area contributed by atoms with Crippen LogP contribution in [0.1, 0.15) is 73.7 Å². The minimum atomic E-state index is -3.59. The molecule has 2 aliphatic heterocycles. The molecule has 0 saturated heterocycles. The number of nitrogens with zero attached hydrogens (tertiary/aromatic N) is 3. The van der Waals surface area contributed by atoms with Gasteiger partial charge in [0.25, 0.3) is 5.91 Å². The molecular weight excluding hydrogens is 472 g/mol. The smallest absolute Gasteiger partial charge is 0.256 e. The second kappa shape index (κ2) is 7.34. The van der Waals surface area contributed by atoms with Gasteiger partial charge in [0.2, 0.25) is 0 Å². The van der Waals surface area contributed by atoms with Crippen molar-refractivity contribution >= 4 is 15.7 Å². The Morgan fingerprint density at radius 1 is 1.14 bits per heavy atom. The number of hydrogen-bond donors (Lipinski definition) is 1. The number of aromatic nitrogens is 1. The van der Waals surface area contributed by atoms with E-state index in [-0.39, 0.29) is 28.5 Å². The molecule has 2 atom stereocenters. The Kier molecular flexibility index (Phi) is 4.55. The van der Waals surface area contributed by atoms with Crippen LogP contribution in [0.3, 0.4) is 0 Å². The van der Waals surface area contributed by atoms with Gasteiger partial charge in [0, 0.05) is 42.5 Å². The molecule has 1 aromatic carbocycles. The molecule has 8 rings (SSSR count). The van der Waals surface area contributed by atoms with E-state index in [2.05, 4.69) is 36.3 Å². The van der Waals surface area contributed by atoms with Gasteiger partial charge in [-0.3, -0.25) is 9.78 Å². The van der Waals surface area contributed by atoms with Gasteiger partial charge >= 0.3 is 0 Å². The van der Waals surface area contributed by atoms with E-state index in [1.165, 1.54) is 31.2 Å². The molecule has 6 aliphatic rings. The molecule has 8 heteroatoms. The Hall–Kier alpha value is -2.87. The van der Waals surface area contributed by atoms with E-state index in [1.807, 2.05) is 17.0 Å². The number of carbonyl (C=O) groups excluding carboxylic acids is 1. The van der Waals surface area contributed by atoms with Crippen LogP contribution < -0.4 is 5.32 Å². The van der Waals surface area contributed by atoms with Crippen LogP contribution in [0.25, 0.3) is 11.1 Å². The molecule has 4 fully saturated rings. The normalized spacial score (nSPS) is 29.3. The predicted molar refractivity (Wildman–Crippen MR) is 136 cm³/mol. The SMILES string of the molecule is CC1=CNC(c2cc(-c3cc4c(c(S(C)(=O)=O)c3)C(=O)N(C(C)C3CC3)C4)ccn2)N1C12CC(C1)C2. The van der Waals surface area contributed by atoms with E-state index in [0.29, 0.717) is 18.0 Å². The summed E-state index contributed by atoms with van der Waals surface area (Å²) < 4.78 is 25.7. The summed E-state index contributed by atoms with van der Waals surface area (Å²) >= 11 is 0. The van der Waals surface area contributed by atoms with Crippen molar-refractivity contribution in [3.63, 3.8) is 0 Å². The van der Waals surface area contributed by atoms with E-state index in [1.54, 1.807) is 12.3 Å². The highest BCUT2D eigenvalue weighted by atomic mass is 32.2. The van der Waals surface area contributed by atoms with Crippen molar-refractivity contribution in [3.05, 3.63) is 59.2 Å². The molecule has 188 valence electrons. The second-order valence-corrected chi connectivity index (χ2v) is 13.7. The largest absolute Gasteiger partial charge is 0.365 e. The lowest BCUT2D eigenvalue weighted by Gasteiger charge is -2.67. The molecule has 2 unspecified atom stereocenters. The molecule has 1 N–H and O–H groups in total. The number of allylic oxidation sites excluding steroid dienone is 1. The molecule has 3 heterocycles. The van der Waals surface area contributed by atoms with Crippen LogP contribution in [0, 0.1) is 11.8 Å². The fraction of sp³-hybridized carbons (Fsp3) is 0.500. The van der Waals surface area contributed by atoms with Crippen LogP contribution in [0.4, 0.5) is 0 Å². The summed E-state index contributed by atoms with van der Waals surface area (Å²) in [6.45, 7) is 4.70. The van der Waals surface area contributed by atoms with Gasteiger partial charge in [0.1, 0.15) is 6.17 Å². The number of pyridine rings is 1. The number of rotatable bonds is 6. The number of carbonyl (C=O) groups is 1. The maximum atomic E-state index is 13.3. The maximum absolute atomic E-state index is 13.3. The van der Waals surface area contributed by atoms with Crippen LogP contribution >= 0.6 is 0 Å². The molecule has 2 bridgehead atoms. The van der Waals surface area contributed by atoms with Crippen molar-refractivity contribution < 1.29 is 13.2 Å². The summed E-state index contributed by atoms with van der Waals surface area (Å²) in [6, 6.07) is 7.81. The van der Waals surface area contributed by atoms with E-state index < -0.39 is 9.84 Å².